The quantitative estimate of drug-likeness (QED) is 0.0235. The molecular weight excluding hydrogens is 877 g/mol. The van der Waals surface area contributed by atoms with E-state index in [1.165, 1.54) is 34.3 Å². The van der Waals surface area contributed by atoms with Gasteiger partial charge >= 0.3 is 5.95 Å². The zero-order valence-electron chi connectivity index (χ0n) is 37.1. The zero-order valence-corrected chi connectivity index (χ0v) is 38.7. The third kappa shape index (κ3) is 12.1. The molecule has 11 nitrogen and oxygen atoms in total. The van der Waals surface area contributed by atoms with Crippen molar-refractivity contribution in [2.75, 3.05) is 24.6 Å². The molecule has 1 aromatic heterocycles. The highest BCUT2D eigenvalue weighted by Crippen LogP contribution is 2.49. The maximum Gasteiger partial charge on any atom is 0.434 e. The van der Waals surface area contributed by atoms with Gasteiger partial charge in [0.15, 0.2) is 0 Å². The molecule has 13 heteroatoms. The van der Waals surface area contributed by atoms with E-state index in [2.05, 4.69) is 93.7 Å². The molecule has 67 heavy (non-hydrogen) atoms. The number of nitro groups is 1. The molecule has 0 aliphatic heterocycles. The molecule has 1 atom stereocenters. The summed E-state index contributed by atoms with van der Waals surface area (Å²) in [6.45, 7) is 0.694. The summed E-state index contributed by atoms with van der Waals surface area (Å²) in [5, 5.41) is 20.2. The van der Waals surface area contributed by atoms with Gasteiger partial charge in [-0.3, -0.25) is 14.4 Å². The van der Waals surface area contributed by atoms with Gasteiger partial charge in [-0.15, -0.1) is 23.5 Å². The van der Waals surface area contributed by atoms with Gasteiger partial charge in [0.25, 0.3) is 0 Å². The normalized spacial score (nSPS) is 11.9. The number of hydrogen-bond acceptors (Lipinski definition) is 8. The van der Waals surface area contributed by atoms with Crippen molar-refractivity contribution in [3.05, 3.63) is 238 Å². The number of amides is 3. The van der Waals surface area contributed by atoms with Gasteiger partial charge in [-0.2, -0.15) is 0 Å². The van der Waals surface area contributed by atoms with E-state index in [1.807, 2.05) is 109 Å². The second kappa shape index (κ2) is 24.0. The number of aromatic nitrogens is 2. The Morgan fingerprint density at radius 2 is 0.940 bits per heavy atom. The van der Waals surface area contributed by atoms with Gasteiger partial charge in [-0.1, -0.05) is 200 Å². The Bertz CT molecular complexity index is 2450. The van der Waals surface area contributed by atoms with Gasteiger partial charge in [0.1, 0.15) is 18.4 Å². The van der Waals surface area contributed by atoms with Crippen LogP contribution in [-0.2, 0) is 30.4 Å². The summed E-state index contributed by atoms with van der Waals surface area (Å²) in [6.07, 6.45) is 5.95. The topological polar surface area (TPSA) is 148 Å². The third-order valence-corrected chi connectivity index (χ3v) is 14.7. The van der Waals surface area contributed by atoms with Crippen LogP contribution in [0.3, 0.4) is 0 Å². The molecule has 342 valence electrons. The minimum atomic E-state index is -1.06. The molecule has 0 saturated heterocycles. The van der Waals surface area contributed by atoms with Crippen LogP contribution in [-0.4, -0.2) is 62.8 Å². The van der Waals surface area contributed by atoms with Gasteiger partial charge in [0.2, 0.25) is 17.7 Å². The predicted octanol–water partition coefficient (Wildman–Crippen LogP) is 9.52. The van der Waals surface area contributed by atoms with Crippen molar-refractivity contribution in [1.29, 1.82) is 0 Å². The van der Waals surface area contributed by atoms with Gasteiger partial charge in [0.05, 0.1) is 27.5 Å². The molecule has 1 unspecified atom stereocenters. The summed E-state index contributed by atoms with van der Waals surface area (Å²) < 4.78 is 0.0458. The van der Waals surface area contributed by atoms with Gasteiger partial charge in [0, 0.05) is 13.1 Å². The number of carbonyl (C=O) groups excluding carboxylic acids is 3. The Labute approximate surface area is 400 Å². The molecule has 3 N–H and O–H groups in total. The van der Waals surface area contributed by atoms with E-state index in [0.29, 0.717) is 25.9 Å². The highest BCUT2D eigenvalue weighted by molar-refractivity contribution is 8.01. The van der Waals surface area contributed by atoms with Crippen LogP contribution in [0.25, 0.3) is 0 Å². The monoisotopic (exact) mass is 930 g/mol. The number of carbonyl (C=O) groups is 3. The summed E-state index contributed by atoms with van der Waals surface area (Å²) in [6, 6.07) is 59.6. The first-order valence-corrected chi connectivity index (χ1v) is 24.4. The van der Waals surface area contributed by atoms with Crippen molar-refractivity contribution in [3.63, 3.8) is 0 Å². The summed E-state index contributed by atoms with van der Waals surface area (Å²) in [7, 11) is 0. The van der Waals surface area contributed by atoms with Crippen LogP contribution in [0.2, 0.25) is 0 Å². The lowest BCUT2D eigenvalue weighted by molar-refractivity contribution is -0.396. The van der Waals surface area contributed by atoms with Crippen molar-refractivity contribution in [2.45, 2.75) is 47.8 Å². The van der Waals surface area contributed by atoms with Crippen molar-refractivity contribution < 1.29 is 19.3 Å². The highest BCUT2D eigenvalue weighted by atomic mass is 32.2. The first kappa shape index (κ1) is 48.0. The van der Waals surface area contributed by atoms with E-state index in [1.54, 1.807) is 6.20 Å². The Morgan fingerprint density at radius 3 is 1.34 bits per heavy atom. The summed E-state index contributed by atoms with van der Waals surface area (Å²) in [4.78, 5) is 56.8. The average Bonchev–Trinajstić information content (AvgIpc) is 3.86. The van der Waals surface area contributed by atoms with E-state index in [4.69, 9.17) is 0 Å². The summed E-state index contributed by atoms with van der Waals surface area (Å²) in [5.41, 5.74) is 6.08. The fraction of sp³-hybridized carbons (Fsp3) is 0.222. The zero-order chi connectivity index (χ0) is 46.7. The van der Waals surface area contributed by atoms with Crippen molar-refractivity contribution in [1.82, 2.24) is 25.5 Å². The van der Waals surface area contributed by atoms with E-state index in [9.17, 15) is 24.5 Å². The molecule has 3 amide bonds. The molecule has 7 rings (SSSR count). The second-order valence-electron chi connectivity index (χ2n) is 15.9. The Balaban J connectivity index is 1.06. The number of unbranched alkanes of at least 4 members (excludes halogenated alkanes) is 3. The number of nitrogens with one attached hydrogen (secondary N) is 3. The molecule has 0 bridgehead atoms. The lowest BCUT2D eigenvalue weighted by Gasteiger charge is -2.35. The minimum Gasteiger partial charge on any atom is -0.390 e. The summed E-state index contributed by atoms with van der Waals surface area (Å²) >= 11 is 2.97. The van der Waals surface area contributed by atoms with E-state index >= 15 is 0 Å². The average molecular weight is 931 g/mol. The second-order valence-corrected chi connectivity index (χ2v) is 18.3. The number of nitrogens with zero attached hydrogens (tertiary/aromatic N) is 3. The molecule has 0 saturated carbocycles. The number of thioether (sulfide) groups is 2. The van der Waals surface area contributed by atoms with Crippen LogP contribution in [0.1, 0.15) is 59.1 Å². The maximum atomic E-state index is 14.2. The van der Waals surface area contributed by atoms with Crippen molar-refractivity contribution in [3.8, 4) is 0 Å². The molecular formula is C54H54N6O5S2. The predicted molar refractivity (Wildman–Crippen MR) is 269 cm³/mol. The number of rotatable bonds is 24. The highest BCUT2D eigenvalue weighted by Gasteiger charge is 2.39. The molecule has 0 radical (unpaired) electrons. The fourth-order valence-corrected chi connectivity index (χ4v) is 11.0. The Kier molecular flexibility index (Phi) is 17.2. The van der Waals surface area contributed by atoms with Gasteiger partial charge in [-0.05, 0) is 51.1 Å². The van der Waals surface area contributed by atoms with Crippen LogP contribution in [0, 0.1) is 10.1 Å². The fourth-order valence-electron chi connectivity index (χ4n) is 8.34. The molecule has 0 aliphatic carbocycles. The van der Waals surface area contributed by atoms with Crippen molar-refractivity contribution in [2.24, 2.45) is 0 Å². The van der Waals surface area contributed by atoms with Gasteiger partial charge < -0.3 is 26.1 Å². The van der Waals surface area contributed by atoms with Crippen LogP contribution >= 0.6 is 23.5 Å². The molecule has 0 fully saturated rings. The SMILES string of the molecule is O=C(CSC(c1ccccc1)(c1ccccc1)c1ccccc1)NCC(NC(=O)CSC(c1ccccc1)(c1ccccc1)c1ccccc1)C(=O)NCCCCCCn1ccnc1[N+](=O)[O-]. The largest absolute Gasteiger partial charge is 0.434 e. The summed E-state index contributed by atoms with van der Waals surface area (Å²) in [5.74, 6) is -1.16. The van der Waals surface area contributed by atoms with Crippen LogP contribution in [0.5, 0.6) is 0 Å². The first-order chi connectivity index (χ1) is 32.8. The number of aryl methyl sites for hydroxylation is 1. The lowest BCUT2D eigenvalue weighted by Crippen LogP contribution is -2.53. The third-order valence-electron chi connectivity index (χ3n) is 11.6. The van der Waals surface area contributed by atoms with E-state index in [-0.39, 0.29) is 35.8 Å². The van der Waals surface area contributed by atoms with Crippen LogP contribution < -0.4 is 16.0 Å². The number of hydrogen-bond donors (Lipinski definition) is 3. The minimum absolute atomic E-state index is 0.00901. The van der Waals surface area contributed by atoms with E-state index in [0.717, 1.165) is 46.2 Å². The lowest BCUT2D eigenvalue weighted by atomic mass is 9.84. The van der Waals surface area contributed by atoms with E-state index < -0.39 is 26.4 Å². The molecule has 6 aromatic carbocycles. The van der Waals surface area contributed by atoms with Crippen molar-refractivity contribution >= 4 is 47.2 Å². The Hall–Kier alpha value is -6.96. The van der Waals surface area contributed by atoms with Gasteiger partial charge in [-0.25, -0.2) is 4.57 Å². The maximum absolute atomic E-state index is 14.2. The molecule has 7 aromatic rings. The number of benzene rings is 6. The number of imidazole rings is 1. The molecule has 1 heterocycles. The van der Waals surface area contributed by atoms with Crippen LogP contribution in [0.15, 0.2) is 194 Å². The van der Waals surface area contributed by atoms with Crippen LogP contribution in [0.4, 0.5) is 5.95 Å². The molecule has 0 aliphatic rings. The standard InChI is InChI=1S/C54H54N6O5S2/c61-49(40-66-53(42-23-9-3-10-24-42,43-25-11-4-12-26-43)44-27-13-5-14-28-44)57-39-48(51(63)55-35-21-1-2-22-37-59-38-36-56-52(59)60(64)65)58-50(62)41-67-54(45-29-15-6-16-30-45,46-31-17-7-18-32-46)47-33-19-8-20-34-47/h3-20,23-34,36,38,48H,1-2,21-22,35,37,39-41H2,(H,55,63)(H,57,61)(H,58,62). The Morgan fingerprint density at radius 1 is 0.552 bits per heavy atom. The molecule has 0 spiro atoms. The first-order valence-electron chi connectivity index (χ1n) is 22.4. The smallest absolute Gasteiger partial charge is 0.390 e.